The van der Waals surface area contributed by atoms with E-state index in [-0.39, 0.29) is 12.1 Å². The monoisotopic (exact) mass is 273 g/mol. The van der Waals surface area contributed by atoms with Crippen LogP contribution in [-0.2, 0) is 0 Å². The maximum absolute atomic E-state index is 6.14. The van der Waals surface area contributed by atoms with Gasteiger partial charge in [-0.15, -0.1) is 11.3 Å². The Morgan fingerprint density at radius 3 is 2.89 bits per heavy atom. The van der Waals surface area contributed by atoms with E-state index in [0.717, 1.165) is 16.5 Å². The fraction of sp³-hybridized carbons (Fsp3) is 0.214. The van der Waals surface area contributed by atoms with E-state index >= 15 is 0 Å². The van der Waals surface area contributed by atoms with Crippen LogP contribution in [-0.4, -0.2) is 15.6 Å². The van der Waals surface area contributed by atoms with Gasteiger partial charge in [-0.25, -0.2) is 4.98 Å². The number of thiophene rings is 1. The Balaban J connectivity index is 2.08. The van der Waals surface area contributed by atoms with E-state index in [1.807, 2.05) is 36.7 Å². The fourth-order valence-corrected chi connectivity index (χ4v) is 2.97. The van der Waals surface area contributed by atoms with E-state index in [9.17, 15) is 0 Å². The molecular weight excluding hydrogens is 258 g/mol. The molecule has 3 heterocycles. The molecule has 2 N–H and O–H groups in total. The van der Waals surface area contributed by atoms with Crippen LogP contribution in [0.2, 0.25) is 0 Å². The third kappa shape index (κ3) is 2.22. The number of imidazole rings is 1. The summed E-state index contributed by atoms with van der Waals surface area (Å²) in [4.78, 5) is 5.58. The molecule has 3 aromatic rings. The molecule has 0 fully saturated rings. The molecule has 0 bridgehead atoms. The second-order valence-electron chi connectivity index (χ2n) is 4.45. The molecule has 2 atom stereocenters. The van der Waals surface area contributed by atoms with Gasteiger partial charge in [0.05, 0.1) is 11.1 Å². The lowest BCUT2D eigenvalue weighted by Gasteiger charge is -2.22. The van der Waals surface area contributed by atoms with Crippen molar-refractivity contribution in [3.63, 3.8) is 0 Å². The molecule has 3 rings (SSSR count). The zero-order valence-electron chi connectivity index (χ0n) is 10.6. The SMILES string of the molecule is CC(N)C(c1ccco1)n1ccnc1-c1cccs1. The number of aromatic nitrogens is 2. The average molecular weight is 273 g/mol. The molecule has 2 unspecified atom stereocenters. The molecule has 0 spiro atoms. The quantitative estimate of drug-likeness (QED) is 0.794. The summed E-state index contributed by atoms with van der Waals surface area (Å²) in [7, 11) is 0. The van der Waals surface area contributed by atoms with E-state index in [4.69, 9.17) is 10.2 Å². The van der Waals surface area contributed by atoms with Crippen molar-refractivity contribution in [2.24, 2.45) is 5.73 Å². The summed E-state index contributed by atoms with van der Waals surface area (Å²) >= 11 is 1.67. The molecule has 3 aromatic heterocycles. The number of hydrogen-bond acceptors (Lipinski definition) is 4. The summed E-state index contributed by atoms with van der Waals surface area (Å²) in [5.41, 5.74) is 6.14. The van der Waals surface area contributed by atoms with E-state index in [0.29, 0.717) is 0 Å². The van der Waals surface area contributed by atoms with Crippen LogP contribution >= 0.6 is 11.3 Å². The minimum Gasteiger partial charge on any atom is -0.467 e. The lowest BCUT2D eigenvalue weighted by atomic mass is 10.1. The maximum Gasteiger partial charge on any atom is 0.150 e. The molecule has 0 saturated carbocycles. The Morgan fingerprint density at radius 1 is 1.37 bits per heavy atom. The second-order valence-corrected chi connectivity index (χ2v) is 5.40. The Kier molecular flexibility index (Phi) is 3.23. The molecular formula is C14H15N3OS. The number of hydrogen-bond donors (Lipinski definition) is 1. The zero-order valence-corrected chi connectivity index (χ0v) is 11.4. The number of nitrogens with zero attached hydrogens (tertiary/aromatic N) is 2. The van der Waals surface area contributed by atoms with Crippen molar-refractivity contribution in [3.8, 4) is 10.7 Å². The van der Waals surface area contributed by atoms with E-state index < -0.39 is 0 Å². The summed E-state index contributed by atoms with van der Waals surface area (Å²) in [5.74, 6) is 1.78. The van der Waals surface area contributed by atoms with Crippen molar-refractivity contribution in [1.29, 1.82) is 0 Å². The van der Waals surface area contributed by atoms with Crippen molar-refractivity contribution >= 4 is 11.3 Å². The molecule has 0 aliphatic rings. The molecule has 5 heteroatoms. The highest BCUT2D eigenvalue weighted by atomic mass is 32.1. The van der Waals surface area contributed by atoms with Crippen molar-refractivity contribution in [3.05, 3.63) is 54.1 Å². The first-order valence-electron chi connectivity index (χ1n) is 6.13. The predicted molar refractivity (Wildman–Crippen MR) is 76.0 cm³/mol. The summed E-state index contributed by atoms with van der Waals surface area (Å²) in [6.45, 7) is 1.98. The van der Waals surface area contributed by atoms with Gasteiger partial charge in [0, 0.05) is 18.4 Å². The first kappa shape index (κ1) is 12.2. The minimum atomic E-state index is -0.0703. The summed E-state index contributed by atoms with van der Waals surface area (Å²) < 4.78 is 7.61. The van der Waals surface area contributed by atoms with Gasteiger partial charge in [-0.1, -0.05) is 6.07 Å². The van der Waals surface area contributed by atoms with Gasteiger partial charge < -0.3 is 14.7 Å². The average Bonchev–Trinajstić information content (AvgIpc) is 3.11. The van der Waals surface area contributed by atoms with Gasteiger partial charge in [-0.2, -0.15) is 0 Å². The first-order chi connectivity index (χ1) is 9.27. The molecule has 0 aromatic carbocycles. The second kappa shape index (κ2) is 5.03. The standard InChI is InChI=1S/C14H15N3OS/c1-10(15)13(11-4-2-8-18-11)17-7-6-16-14(17)12-5-3-9-19-12/h2-10,13H,15H2,1H3. The van der Waals surface area contributed by atoms with Crippen LogP contribution in [0.3, 0.4) is 0 Å². The lowest BCUT2D eigenvalue weighted by molar-refractivity contribution is 0.393. The zero-order chi connectivity index (χ0) is 13.2. The van der Waals surface area contributed by atoms with Gasteiger partial charge in [-0.05, 0) is 30.5 Å². The Morgan fingerprint density at radius 2 is 2.26 bits per heavy atom. The smallest absolute Gasteiger partial charge is 0.150 e. The Bertz CT molecular complexity index is 626. The number of rotatable bonds is 4. The molecule has 0 aliphatic carbocycles. The van der Waals surface area contributed by atoms with Crippen LogP contribution in [0.4, 0.5) is 0 Å². The van der Waals surface area contributed by atoms with Gasteiger partial charge in [0.2, 0.25) is 0 Å². The number of furan rings is 1. The van der Waals surface area contributed by atoms with E-state index in [2.05, 4.69) is 15.6 Å². The molecule has 0 aliphatic heterocycles. The van der Waals surface area contributed by atoms with E-state index in [1.54, 1.807) is 23.8 Å². The summed E-state index contributed by atoms with van der Waals surface area (Å²) in [6, 6.07) is 7.80. The van der Waals surface area contributed by atoms with Crippen LogP contribution in [0.25, 0.3) is 10.7 Å². The molecule has 0 saturated heterocycles. The van der Waals surface area contributed by atoms with Crippen LogP contribution in [0.15, 0.2) is 52.7 Å². The Hall–Kier alpha value is -1.85. The van der Waals surface area contributed by atoms with E-state index in [1.165, 1.54) is 0 Å². The minimum absolute atomic E-state index is 0.0467. The highest BCUT2D eigenvalue weighted by Crippen LogP contribution is 2.30. The van der Waals surface area contributed by atoms with Crippen LogP contribution in [0, 0.1) is 0 Å². The summed E-state index contributed by atoms with van der Waals surface area (Å²) in [5, 5.41) is 2.04. The fourth-order valence-electron chi connectivity index (χ4n) is 2.24. The van der Waals surface area contributed by atoms with Crippen molar-refractivity contribution in [2.45, 2.75) is 19.0 Å². The first-order valence-corrected chi connectivity index (χ1v) is 7.01. The van der Waals surface area contributed by atoms with Crippen molar-refractivity contribution in [1.82, 2.24) is 9.55 Å². The van der Waals surface area contributed by atoms with Crippen molar-refractivity contribution in [2.75, 3.05) is 0 Å². The number of nitrogens with two attached hydrogens (primary N) is 1. The highest BCUT2D eigenvalue weighted by Gasteiger charge is 2.23. The molecule has 4 nitrogen and oxygen atoms in total. The topological polar surface area (TPSA) is 57.0 Å². The van der Waals surface area contributed by atoms with Gasteiger partial charge in [0.25, 0.3) is 0 Å². The van der Waals surface area contributed by atoms with Gasteiger partial charge >= 0.3 is 0 Å². The van der Waals surface area contributed by atoms with Crippen LogP contribution in [0.1, 0.15) is 18.7 Å². The van der Waals surface area contributed by atoms with Crippen LogP contribution in [0.5, 0.6) is 0 Å². The maximum atomic E-state index is 6.14. The van der Waals surface area contributed by atoms with Gasteiger partial charge in [0.1, 0.15) is 11.8 Å². The highest BCUT2D eigenvalue weighted by molar-refractivity contribution is 7.13. The van der Waals surface area contributed by atoms with Gasteiger partial charge in [0.15, 0.2) is 5.82 Å². The summed E-state index contributed by atoms with van der Waals surface area (Å²) in [6.07, 6.45) is 5.42. The molecule has 0 radical (unpaired) electrons. The molecule has 98 valence electrons. The van der Waals surface area contributed by atoms with Crippen LogP contribution < -0.4 is 5.73 Å². The van der Waals surface area contributed by atoms with Gasteiger partial charge in [-0.3, -0.25) is 0 Å². The third-order valence-electron chi connectivity index (χ3n) is 3.04. The normalized spacial score (nSPS) is 14.4. The molecule has 0 amide bonds. The van der Waals surface area contributed by atoms with Crippen molar-refractivity contribution < 1.29 is 4.42 Å². The predicted octanol–water partition coefficient (Wildman–Crippen LogP) is 3.14. The largest absolute Gasteiger partial charge is 0.467 e. The molecule has 19 heavy (non-hydrogen) atoms. The lowest BCUT2D eigenvalue weighted by Crippen LogP contribution is -2.30. The Labute approximate surface area is 115 Å². The third-order valence-corrected chi connectivity index (χ3v) is 3.91.